The normalized spacial score (nSPS) is 17.7. The molecule has 0 radical (unpaired) electrons. The van der Waals surface area contributed by atoms with E-state index in [0.29, 0.717) is 17.7 Å². The predicted molar refractivity (Wildman–Crippen MR) is 128 cm³/mol. The van der Waals surface area contributed by atoms with Gasteiger partial charge in [-0.2, -0.15) is 13.2 Å². The van der Waals surface area contributed by atoms with Crippen molar-refractivity contribution in [3.8, 4) is 11.6 Å². The summed E-state index contributed by atoms with van der Waals surface area (Å²) < 4.78 is 50.7. The number of methoxy groups -OCH3 is 2. The fourth-order valence-electron chi connectivity index (χ4n) is 4.44. The van der Waals surface area contributed by atoms with Crippen LogP contribution in [0.25, 0.3) is 0 Å². The van der Waals surface area contributed by atoms with E-state index in [2.05, 4.69) is 15.3 Å². The molecular weight excluding hydrogens is 489 g/mol. The molecule has 0 unspecified atom stereocenters. The Kier molecular flexibility index (Phi) is 7.61. The number of ether oxygens (including phenoxy) is 2. The molecule has 4 rings (SSSR count). The van der Waals surface area contributed by atoms with Crippen LogP contribution in [0, 0.1) is 0 Å². The second-order valence-electron chi connectivity index (χ2n) is 8.47. The molecule has 0 saturated carbocycles. The third-order valence-corrected chi connectivity index (χ3v) is 6.24. The van der Waals surface area contributed by atoms with E-state index in [1.165, 1.54) is 26.5 Å². The van der Waals surface area contributed by atoms with Crippen LogP contribution in [-0.4, -0.2) is 60.0 Å². The summed E-state index contributed by atoms with van der Waals surface area (Å²) in [4.78, 5) is 35.4. The zero-order valence-electron chi connectivity index (χ0n) is 20.2. The van der Waals surface area contributed by atoms with Gasteiger partial charge in [0.05, 0.1) is 25.3 Å². The molecule has 37 heavy (non-hydrogen) atoms. The first-order valence-corrected chi connectivity index (χ1v) is 11.5. The van der Waals surface area contributed by atoms with Crippen molar-refractivity contribution in [1.82, 2.24) is 20.2 Å². The van der Waals surface area contributed by atoms with E-state index in [-0.39, 0.29) is 30.8 Å². The minimum absolute atomic E-state index is 0.237. The highest BCUT2D eigenvalue weighted by atomic mass is 19.4. The number of halogens is 3. The molecule has 1 aliphatic rings. The molecule has 11 heteroatoms. The van der Waals surface area contributed by atoms with Crippen LogP contribution in [-0.2, 0) is 6.18 Å². The van der Waals surface area contributed by atoms with Gasteiger partial charge in [0.25, 0.3) is 17.7 Å². The number of hydrogen-bond donors (Lipinski definition) is 1. The molecule has 1 aliphatic heterocycles. The van der Waals surface area contributed by atoms with E-state index in [1.807, 2.05) is 30.3 Å². The molecule has 0 aliphatic carbocycles. The zero-order chi connectivity index (χ0) is 26.6. The number of nitrogens with zero attached hydrogens (tertiary/aromatic N) is 3. The molecule has 2 atom stereocenters. The van der Waals surface area contributed by atoms with Crippen molar-refractivity contribution < 1.29 is 32.2 Å². The lowest BCUT2D eigenvalue weighted by atomic mass is 9.85. The molecule has 1 aromatic carbocycles. The Morgan fingerprint density at radius 2 is 1.81 bits per heavy atom. The van der Waals surface area contributed by atoms with Gasteiger partial charge in [-0.3, -0.25) is 14.6 Å². The van der Waals surface area contributed by atoms with Gasteiger partial charge in [0.2, 0.25) is 0 Å². The monoisotopic (exact) mass is 514 g/mol. The molecular formula is C26H25F3N4O4. The summed E-state index contributed by atoms with van der Waals surface area (Å²) in [5, 5.41) is 2.76. The molecule has 1 saturated heterocycles. The first-order valence-electron chi connectivity index (χ1n) is 11.5. The Morgan fingerprint density at radius 3 is 2.49 bits per heavy atom. The number of pyridine rings is 2. The van der Waals surface area contributed by atoms with Gasteiger partial charge < -0.3 is 19.7 Å². The van der Waals surface area contributed by atoms with E-state index in [9.17, 15) is 22.8 Å². The predicted octanol–water partition coefficient (Wildman–Crippen LogP) is 3.94. The molecule has 1 N–H and O–H groups in total. The van der Waals surface area contributed by atoms with Crippen molar-refractivity contribution in [1.29, 1.82) is 0 Å². The molecule has 3 aromatic rings. The molecule has 194 valence electrons. The smallest absolute Gasteiger partial charge is 0.434 e. The number of nitrogens with one attached hydrogen (secondary N) is 1. The van der Waals surface area contributed by atoms with Gasteiger partial charge in [0, 0.05) is 43.5 Å². The number of amides is 2. The number of likely N-dealkylation sites (tertiary alicyclic amines) is 1. The maximum Gasteiger partial charge on any atom is 0.434 e. The van der Waals surface area contributed by atoms with Crippen LogP contribution >= 0.6 is 0 Å². The van der Waals surface area contributed by atoms with Gasteiger partial charge in [0.1, 0.15) is 0 Å². The van der Waals surface area contributed by atoms with E-state index in [4.69, 9.17) is 9.47 Å². The van der Waals surface area contributed by atoms with Crippen LogP contribution in [0.15, 0.2) is 60.9 Å². The van der Waals surface area contributed by atoms with Gasteiger partial charge in [-0.1, -0.05) is 30.3 Å². The number of carbonyl (C=O) groups is 2. The third kappa shape index (κ3) is 5.65. The average molecular weight is 515 g/mol. The Hall–Kier alpha value is -4.15. The summed E-state index contributed by atoms with van der Waals surface area (Å²) in [5.74, 6) is -0.953. The van der Waals surface area contributed by atoms with E-state index in [1.54, 1.807) is 11.0 Å². The number of alkyl halides is 3. The minimum Gasteiger partial charge on any atom is -0.491 e. The molecule has 8 nitrogen and oxygen atoms in total. The lowest BCUT2D eigenvalue weighted by Gasteiger charge is -2.39. The fraction of sp³-hybridized carbons (Fsp3) is 0.308. The molecule has 0 bridgehead atoms. The first kappa shape index (κ1) is 25.9. The largest absolute Gasteiger partial charge is 0.491 e. The number of benzene rings is 1. The van der Waals surface area contributed by atoms with Crippen molar-refractivity contribution in [3.05, 3.63) is 83.3 Å². The Bertz CT molecular complexity index is 1270. The lowest BCUT2D eigenvalue weighted by molar-refractivity contribution is -0.141. The van der Waals surface area contributed by atoms with Crippen LogP contribution in [0.3, 0.4) is 0 Å². The first-order chi connectivity index (χ1) is 17.7. The van der Waals surface area contributed by atoms with Gasteiger partial charge in [-0.25, -0.2) is 4.98 Å². The van der Waals surface area contributed by atoms with Crippen molar-refractivity contribution in [2.24, 2.45) is 0 Å². The fourth-order valence-corrected chi connectivity index (χ4v) is 4.44. The molecule has 1 fully saturated rings. The topological polar surface area (TPSA) is 93.7 Å². The Labute approximate surface area is 211 Å². The molecule has 2 amide bonds. The summed E-state index contributed by atoms with van der Waals surface area (Å²) in [5.41, 5.74) is -0.635. The standard InChI is InChI=1S/C26H25F3N4O4/c1-36-21-13-17(14-31-24(21)37-2)25(35)33-12-10-20(19(15-33)16-7-4-3-5-8-16)32-23(34)18-9-6-11-30-22(18)26(27,28)29/h3-9,11,13-14,19-20H,10,12,15H2,1-2H3,(H,32,34)/t19-,20-/m1/s1. The Morgan fingerprint density at radius 1 is 1.05 bits per heavy atom. The number of carbonyl (C=O) groups excluding carboxylic acids is 2. The van der Waals surface area contributed by atoms with E-state index in [0.717, 1.165) is 17.8 Å². The highest BCUT2D eigenvalue weighted by Gasteiger charge is 2.39. The third-order valence-electron chi connectivity index (χ3n) is 6.24. The molecule has 2 aromatic heterocycles. The maximum atomic E-state index is 13.4. The van der Waals surface area contributed by atoms with Crippen LogP contribution in [0.2, 0.25) is 0 Å². The summed E-state index contributed by atoms with van der Waals surface area (Å²) in [7, 11) is 2.89. The van der Waals surface area contributed by atoms with Crippen LogP contribution < -0.4 is 14.8 Å². The SMILES string of the molecule is COc1cc(C(=O)N2CC[C@@H](NC(=O)c3cccnc3C(F)(F)F)[C@@H](c3ccccc3)C2)cnc1OC. The van der Waals surface area contributed by atoms with Gasteiger partial charge in [-0.05, 0) is 24.1 Å². The highest BCUT2D eigenvalue weighted by Crippen LogP contribution is 2.32. The van der Waals surface area contributed by atoms with Crippen LogP contribution in [0.4, 0.5) is 13.2 Å². The van der Waals surface area contributed by atoms with Crippen LogP contribution in [0.5, 0.6) is 11.6 Å². The summed E-state index contributed by atoms with van der Waals surface area (Å²) in [6.45, 7) is 0.516. The van der Waals surface area contributed by atoms with Gasteiger partial charge in [-0.15, -0.1) is 0 Å². The van der Waals surface area contributed by atoms with Crippen molar-refractivity contribution in [2.45, 2.75) is 24.6 Å². The highest BCUT2D eigenvalue weighted by molar-refractivity contribution is 5.96. The number of piperidine rings is 1. The van der Waals surface area contributed by atoms with Crippen molar-refractivity contribution in [3.63, 3.8) is 0 Å². The number of aromatic nitrogens is 2. The average Bonchev–Trinajstić information content (AvgIpc) is 2.92. The van der Waals surface area contributed by atoms with Crippen LogP contribution in [0.1, 0.15) is 44.3 Å². The van der Waals surface area contributed by atoms with E-state index < -0.39 is 29.4 Å². The molecule has 3 heterocycles. The van der Waals surface area contributed by atoms with Gasteiger partial charge >= 0.3 is 6.18 Å². The second-order valence-corrected chi connectivity index (χ2v) is 8.47. The van der Waals surface area contributed by atoms with Crippen molar-refractivity contribution >= 4 is 11.8 Å². The van der Waals surface area contributed by atoms with Gasteiger partial charge in [0.15, 0.2) is 11.4 Å². The second kappa shape index (κ2) is 10.9. The zero-order valence-corrected chi connectivity index (χ0v) is 20.2. The maximum absolute atomic E-state index is 13.4. The summed E-state index contributed by atoms with van der Waals surface area (Å²) in [6.07, 6.45) is -2.04. The van der Waals surface area contributed by atoms with E-state index >= 15 is 0 Å². The lowest BCUT2D eigenvalue weighted by Crippen LogP contribution is -2.51. The number of hydrogen-bond acceptors (Lipinski definition) is 6. The number of rotatable bonds is 6. The quantitative estimate of drug-likeness (QED) is 0.536. The van der Waals surface area contributed by atoms with Crippen molar-refractivity contribution in [2.75, 3.05) is 27.3 Å². The summed E-state index contributed by atoms with van der Waals surface area (Å²) >= 11 is 0. The summed E-state index contributed by atoms with van der Waals surface area (Å²) in [6, 6.07) is 12.6. The molecule has 0 spiro atoms. The Balaban J connectivity index is 1.58. The minimum atomic E-state index is -4.77.